The molecule has 4 amide bonds. The Morgan fingerprint density at radius 2 is 2.08 bits per heavy atom. The molecule has 1 saturated heterocycles. The van der Waals surface area contributed by atoms with E-state index in [2.05, 4.69) is 15.8 Å². The van der Waals surface area contributed by atoms with Crippen LogP contribution >= 0.6 is 11.6 Å². The third kappa shape index (κ3) is 4.32. The summed E-state index contributed by atoms with van der Waals surface area (Å²) in [4.78, 5) is 36.8. The fourth-order valence-electron chi connectivity index (χ4n) is 2.46. The van der Waals surface area contributed by atoms with Crippen LogP contribution in [0.4, 0.5) is 4.79 Å². The highest BCUT2D eigenvalue weighted by Crippen LogP contribution is 2.23. The molecular formula is C17H21ClN4O4. The van der Waals surface area contributed by atoms with Gasteiger partial charge in [-0.15, -0.1) is 0 Å². The van der Waals surface area contributed by atoms with Crippen molar-refractivity contribution < 1.29 is 19.1 Å². The minimum absolute atomic E-state index is 0.0189. The molecule has 0 saturated carbocycles. The molecule has 1 aliphatic rings. The molecule has 0 aliphatic carbocycles. The second-order valence-electron chi connectivity index (χ2n) is 6.34. The summed E-state index contributed by atoms with van der Waals surface area (Å²) in [6.45, 7) is 4.90. The molecule has 2 rings (SSSR count). The van der Waals surface area contributed by atoms with Crippen molar-refractivity contribution in [3.05, 3.63) is 28.8 Å². The Morgan fingerprint density at radius 1 is 1.38 bits per heavy atom. The lowest BCUT2D eigenvalue weighted by atomic mass is 10.1. The zero-order chi connectivity index (χ0) is 19.5. The van der Waals surface area contributed by atoms with Crippen molar-refractivity contribution in [2.75, 3.05) is 13.7 Å². The molecule has 1 fully saturated rings. The summed E-state index contributed by atoms with van der Waals surface area (Å²) in [6, 6.07) is 4.57. The molecule has 1 aromatic carbocycles. The number of urea groups is 1. The number of halogens is 1. The number of nitrogens with one attached hydrogen (secondary N) is 2. The number of hydrogen-bond acceptors (Lipinski definition) is 5. The number of hydrazone groups is 1. The van der Waals surface area contributed by atoms with Crippen molar-refractivity contribution in [1.29, 1.82) is 0 Å². The van der Waals surface area contributed by atoms with Crippen LogP contribution in [0.1, 0.15) is 32.8 Å². The first-order chi connectivity index (χ1) is 12.2. The number of carbonyl (C=O) groups excluding carboxylic acids is 3. The van der Waals surface area contributed by atoms with E-state index in [4.69, 9.17) is 16.3 Å². The van der Waals surface area contributed by atoms with Gasteiger partial charge in [0, 0.05) is 23.6 Å². The van der Waals surface area contributed by atoms with Gasteiger partial charge in [-0.2, -0.15) is 5.10 Å². The molecule has 1 heterocycles. The van der Waals surface area contributed by atoms with E-state index >= 15 is 0 Å². The maximum atomic E-state index is 12.1. The minimum atomic E-state index is -0.953. The highest BCUT2D eigenvalue weighted by atomic mass is 35.5. The molecule has 1 aliphatic heterocycles. The standard InChI is InChI=1S/C17H21ClN4O4/c1-10(12-9-11(18)5-6-13(12)26-4)20-21-14(23)7-8-22-15(24)17(2,3)19-16(22)25/h5-6,9H,7-8H2,1-4H3,(H,19,25)(H,21,23)/b20-10-. The van der Waals surface area contributed by atoms with Crippen molar-refractivity contribution in [3.63, 3.8) is 0 Å². The lowest BCUT2D eigenvalue weighted by Gasteiger charge is -2.15. The maximum absolute atomic E-state index is 12.1. The second-order valence-corrected chi connectivity index (χ2v) is 6.78. The Morgan fingerprint density at radius 3 is 2.65 bits per heavy atom. The predicted octanol–water partition coefficient (Wildman–Crippen LogP) is 1.91. The summed E-state index contributed by atoms with van der Waals surface area (Å²) in [7, 11) is 1.53. The minimum Gasteiger partial charge on any atom is -0.496 e. The van der Waals surface area contributed by atoms with E-state index in [0.29, 0.717) is 22.0 Å². The molecule has 1 aromatic rings. The summed E-state index contributed by atoms with van der Waals surface area (Å²) in [6.07, 6.45) is -0.0568. The van der Waals surface area contributed by atoms with Crippen LogP contribution in [0.3, 0.4) is 0 Å². The van der Waals surface area contributed by atoms with Crippen molar-refractivity contribution >= 4 is 35.2 Å². The average molecular weight is 381 g/mol. The van der Waals surface area contributed by atoms with Crippen LogP contribution in [0.15, 0.2) is 23.3 Å². The largest absolute Gasteiger partial charge is 0.496 e. The fourth-order valence-corrected chi connectivity index (χ4v) is 2.63. The molecule has 2 N–H and O–H groups in total. The zero-order valence-electron chi connectivity index (χ0n) is 15.1. The van der Waals surface area contributed by atoms with Crippen molar-refractivity contribution in [2.24, 2.45) is 5.10 Å². The first-order valence-electron chi connectivity index (χ1n) is 7.97. The summed E-state index contributed by atoms with van der Waals surface area (Å²) >= 11 is 5.98. The number of imide groups is 1. The molecule has 140 valence electrons. The molecule has 26 heavy (non-hydrogen) atoms. The summed E-state index contributed by atoms with van der Waals surface area (Å²) in [5.41, 5.74) is 2.61. The number of ether oxygens (including phenoxy) is 1. The number of carbonyl (C=O) groups is 3. The molecule has 0 radical (unpaired) electrons. The summed E-state index contributed by atoms with van der Waals surface area (Å²) < 4.78 is 5.25. The van der Waals surface area contributed by atoms with Crippen LogP contribution in [0.25, 0.3) is 0 Å². The first kappa shape index (κ1) is 19.7. The predicted molar refractivity (Wildman–Crippen MR) is 97.3 cm³/mol. The highest BCUT2D eigenvalue weighted by molar-refractivity contribution is 6.31. The van der Waals surface area contributed by atoms with E-state index in [1.807, 2.05) is 0 Å². The Labute approximate surface area is 156 Å². The van der Waals surface area contributed by atoms with Gasteiger partial charge in [0.2, 0.25) is 5.91 Å². The maximum Gasteiger partial charge on any atom is 0.325 e. The summed E-state index contributed by atoms with van der Waals surface area (Å²) in [5.74, 6) is -0.208. The van der Waals surface area contributed by atoms with Gasteiger partial charge in [-0.05, 0) is 39.0 Å². The Balaban J connectivity index is 1.96. The van der Waals surface area contributed by atoms with E-state index < -0.39 is 17.5 Å². The number of hydrogen-bond donors (Lipinski definition) is 2. The van der Waals surface area contributed by atoms with E-state index in [-0.39, 0.29) is 18.9 Å². The fraction of sp³-hybridized carbons (Fsp3) is 0.412. The van der Waals surface area contributed by atoms with Gasteiger partial charge in [0.05, 0.1) is 12.8 Å². The first-order valence-corrected chi connectivity index (χ1v) is 8.34. The van der Waals surface area contributed by atoms with Crippen molar-refractivity contribution in [2.45, 2.75) is 32.7 Å². The van der Waals surface area contributed by atoms with E-state index in [1.54, 1.807) is 39.0 Å². The van der Waals surface area contributed by atoms with Crippen LogP contribution in [0, 0.1) is 0 Å². The van der Waals surface area contributed by atoms with Gasteiger partial charge in [0.25, 0.3) is 5.91 Å². The number of methoxy groups -OCH3 is 1. The van der Waals surface area contributed by atoms with Gasteiger partial charge < -0.3 is 10.1 Å². The smallest absolute Gasteiger partial charge is 0.325 e. The monoisotopic (exact) mass is 380 g/mol. The molecule has 0 aromatic heterocycles. The second kappa shape index (κ2) is 7.74. The number of amides is 4. The molecule has 0 spiro atoms. The van der Waals surface area contributed by atoms with Gasteiger partial charge in [0.1, 0.15) is 11.3 Å². The molecule has 8 nitrogen and oxygen atoms in total. The SMILES string of the molecule is COc1ccc(Cl)cc1/C(C)=N\NC(=O)CCN1C(=O)NC(C)(C)C1=O. The normalized spacial score (nSPS) is 16.5. The quantitative estimate of drug-likeness (QED) is 0.447. The van der Waals surface area contributed by atoms with E-state index in [1.165, 1.54) is 7.11 Å². The molecule has 0 unspecified atom stereocenters. The Kier molecular flexibility index (Phi) is 5.86. The molecule has 0 bridgehead atoms. The number of rotatable bonds is 6. The van der Waals surface area contributed by atoms with Crippen LogP contribution in [-0.4, -0.2) is 47.7 Å². The van der Waals surface area contributed by atoms with Gasteiger partial charge >= 0.3 is 6.03 Å². The third-order valence-electron chi connectivity index (χ3n) is 3.91. The van der Waals surface area contributed by atoms with Crippen LogP contribution in [-0.2, 0) is 9.59 Å². The van der Waals surface area contributed by atoms with Crippen LogP contribution in [0.2, 0.25) is 5.02 Å². The van der Waals surface area contributed by atoms with E-state index in [9.17, 15) is 14.4 Å². The van der Waals surface area contributed by atoms with Gasteiger partial charge in [0.15, 0.2) is 0 Å². The number of nitrogens with zero attached hydrogens (tertiary/aromatic N) is 2. The lowest BCUT2D eigenvalue weighted by Crippen LogP contribution is -2.40. The van der Waals surface area contributed by atoms with Crippen LogP contribution < -0.4 is 15.5 Å². The lowest BCUT2D eigenvalue weighted by molar-refractivity contribution is -0.130. The number of benzene rings is 1. The zero-order valence-corrected chi connectivity index (χ0v) is 15.8. The molecule has 9 heteroatoms. The summed E-state index contributed by atoms with van der Waals surface area (Å²) in [5, 5.41) is 7.11. The molecule has 0 atom stereocenters. The average Bonchev–Trinajstić information content (AvgIpc) is 2.78. The highest BCUT2D eigenvalue weighted by Gasteiger charge is 2.43. The van der Waals surface area contributed by atoms with Gasteiger partial charge in [-0.3, -0.25) is 14.5 Å². The van der Waals surface area contributed by atoms with Crippen molar-refractivity contribution in [3.8, 4) is 5.75 Å². The third-order valence-corrected chi connectivity index (χ3v) is 4.14. The van der Waals surface area contributed by atoms with Gasteiger partial charge in [-0.1, -0.05) is 11.6 Å². The Bertz CT molecular complexity index is 776. The molecular weight excluding hydrogens is 360 g/mol. The van der Waals surface area contributed by atoms with Crippen LogP contribution in [0.5, 0.6) is 5.75 Å². The topological polar surface area (TPSA) is 100 Å². The van der Waals surface area contributed by atoms with Gasteiger partial charge in [-0.25, -0.2) is 10.2 Å². The van der Waals surface area contributed by atoms with Crippen molar-refractivity contribution in [1.82, 2.24) is 15.6 Å². The van der Waals surface area contributed by atoms with E-state index in [0.717, 1.165) is 4.90 Å². The Hall–Kier alpha value is -2.61.